The van der Waals surface area contributed by atoms with Crippen LogP contribution in [0.4, 0.5) is 0 Å². The van der Waals surface area contributed by atoms with Gasteiger partial charge in [0.1, 0.15) is 10.6 Å². The molecule has 0 spiro atoms. The van der Waals surface area contributed by atoms with Crippen LogP contribution >= 0.6 is 0 Å². The van der Waals surface area contributed by atoms with Crippen molar-refractivity contribution in [3.05, 3.63) is 66.7 Å². The van der Waals surface area contributed by atoms with Gasteiger partial charge in [-0.25, -0.2) is 18.1 Å². The zero-order valence-corrected chi connectivity index (χ0v) is 15.8. The molecule has 0 bridgehead atoms. The lowest BCUT2D eigenvalue weighted by Gasteiger charge is -2.12. The monoisotopic (exact) mass is 395 g/mol. The molecule has 9 heteroatoms. The molecule has 0 fully saturated rings. The summed E-state index contributed by atoms with van der Waals surface area (Å²) in [6.07, 6.45) is 4.94. The van der Waals surface area contributed by atoms with E-state index in [-0.39, 0.29) is 17.2 Å². The van der Waals surface area contributed by atoms with Gasteiger partial charge in [0, 0.05) is 24.0 Å². The van der Waals surface area contributed by atoms with E-state index in [2.05, 4.69) is 24.9 Å². The number of aromatic amines is 1. The van der Waals surface area contributed by atoms with Crippen LogP contribution in [0.5, 0.6) is 5.75 Å². The number of benzene rings is 1. The number of hydrogen-bond acceptors (Lipinski definition) is 6. The first-order chi connectivity index (χ1) is 13.6. The minimum Gasteiger partial charge on any atom is -0.495 e. The van der Waals surface area contributed by atoms with Crippen molar-refractivity contribution < 1.29 is 13.2 Å². The van der Waals surface area contributed by atoms with E-state index in [9.17, 15) is 8.42 Å². The number of fused-ring (bicyclic) bond motifs is 1. The molecule has 2 N–H and O–H groups in total. The van der Waals surface area contributed by atoms with Crippen LogP contribution in [0.3, 0.4) is 0 Å². The van der Waals surface area contributed by atoms with Crippen molar-refractivity contribution in [3.63, 3.8) is 0 Å². The van der Waals surface area contributed by atoms with Crippen LogP contribution in [0.15, 0.2) is 66.0 Å². The number of H-pyrrole nitrogens is 1. The molecule has 3 aromatic heterocycles. The van der Waals surface area contributed by atoms with Crippen LogP contribution < -0.4 is 9.46 Å². The summed E-state index contributed by atoms with van der Waals surface area (Å²) in [5.41, 5.74) is 2.78. The lowest BCUT2D eigenvalue weighted by atomic mass is 10.1. The Morgan fingerprint density at radius 3 is 2.68 bits per heavy atom. The van der Waals surface area contributed by atoms with E-state index in [4.69, 9.17) is 4.74 Å². The third kappa shape index (κ3) is 3.45. The first-order valence-corrected chi connectivity index (χ1v) is 9.93. The molecule has 0 aliphatic carbocycles. The van der Waals surface area contributed by atoms with Crippen molar-refractivity contribution in [1.82, 2.24) is 24.9 Å². The maximum atomic E-state index is 13.0. The van der Waals surface area contributed by atoms with Gasteiger partial charge in [-0.15, -0.1) is 0 Å². The smallest absolute Gasteiger partial charge is 0.244 e. The minimum absolute atomic E-state index is 0.0488. The number of ether oxygens (including phenoxy) is 1. The SMILES string of the molecule is COc1ccc(-c2ccncc2)cc1S(=O)(=O)NCc1[nH]nc2ncccc12. The largest absolute Gasteiger partial charge is 0.495 e. The zero-order valence-electron chi connectivity index (χ0n) is 15.0. The van der Waals surface area contributed by atoms with Gasteiger partial charge in [0.25, 0.3) is 0 Å². The molecule has 4 aromatic rings. The lowest BCUT2D eigenvalue weighted by molar-refractivity contribution is 0.402. The van der Waals surface area contributed by atoms with Crippen molar-refractivity contribution in [3.8, 4) is 16.9 Å². The van der Waals surface area contributed by atoms with E-state index in [0.717, 1.165) is 16.5 Å². The number of nitrogens with zero attached hydrogens (tertiary/aromatic N) is 3. The summed E-state index contributed by atoms with van der Waals surface area (Å²) in [5, 5.41) is 7.67. The molecule has 142 valence electrons. The Balaban J connectivity index is 1.66. The highest BCUT2D eigenvalue weighted by Crippen LogP contribution is 2.29. The normalized spacial score (nSPS) is 11.6. The molecular weight excluding hydrogens is 378 g/mol. The highest BCUT2D eigenvalue weighted by atomic mass is 32.2. The predicted molar refractivity (Wildman–Crippen MR) is 104 cm³/mol. The Labute approximate surface area is 161 Å². The highest BCUT2D eigenvalue weighted by Gasteiger charge is 2.21. The molecule has 0 aliphatic heterocycles. The lowest BCUT2D eigenvalue weighted by Crippen LogP contribution is -2.24. The molecular formula is C19H17N5O3S. The van der Waals surface area contributed by atoms with Gasteiger partial charge in [-0.05, 0) is 47.5 Å². The van der Waals surface area contributed by atoms with Crippen LogP contribution in [0.2, 0.25) is 0 Å². The fourth-order valence-corrected chi connectivity index (χ4v) is 4.08. The molecule has 0 aliphatic rings. The molecule has 0 atom stereocenters. The molecule has 4 rings (SSSR count). The summed E-state index contributed by atoms with van der Waals surface area (Å²) in [4.78, 5) is 8.18. The van der Waals surface area contributed by atoms with Crippen molar-refractivity contribution in [2.45, 2.75) is 11.4 Å². The van der Waals surface area contributed by atoms with Gasteiger partial charge in [-0.2, -0.15) is 5.10 Å². The summed E-state index contributed by atoms with van der Waals surface area (Å²) < 4.78 is 33.8. The molecule has 1 aromatic carbocycles. The van der Waals surface area contributed by atoms with E-state index in [0.29, 0.717) is 11.3 Å². The maximum absolute atomic E-state index is 13.0. The van der Waals surface area contributed by atoms with Crippen molar-refractivity contribution in [2.24, 2.45) is 0 Å². The Morgan fingerprint density at radius 1 is 1.07 bits per heavy atom. The van der Waals surface area contributed by atoms with Gasteiger partial charge in [0.15, 0.2) is 5.65 Å². The number of sulfonamides is 1. The Morgan fingerprint density at radius 2 is 1.89 bits per heavy atom. The average Bonchev–Trinajstić information content (AvgIpc) is 3.16. The van der Waals surface area contributed by atoms with Crippen LogP contribution in [0, 0.1) is 0 Å². The second-order valence-corrected chi connectivity index (χ2v) is 7.74. The van der Waals surface area contributed by atoms with Crippen molar-refractivity contribution >= 4 is 21.1 Å². The van der Waals surface area contributed by atoms with Gasteiger partial charge in [0.05, 0.1) is 19.3 Å². The van der Waals surface area contributed by atoms with Crippen LogP contribution in [0.1, 0.15) is 5.69 Å². The minimum atomic E-state index is -3.84. The van der Waals surface area contributed by atoms with Crippen LogP contribution in [-0.4, -0.2) is 35.7 Å². The van der Waals surface area contributed by atoms with Gasteiger partial charge in [-0.3, -0.25) is 10.1 Å². The summed E-state index contributed by atoms with van der Waals surface area (Å²) in [7, 11) is -2.40. The van der Waals surface area contributed by atoms with Gasteiger partial charge in [-0.1, -0.05) is 6.07 Å². The molecule has 0 radical (unpaired) electrons. The Bertz CT molecular complexity index is 1220. The molecule has 0 unspecified atom stereocenters. The van der Waals surface area contributed by atoms with Crippen LogP contribution in [-0.2, 0) is 16.6 Å². The number of methoxy groups -OCH3 is 1. The second kappa shape index (κ2) is 7.37. The predicted octanol–water partition coefficient (Wildman–Crippen LogP) is 2.51. The van der Waals surface area contributed by atoms with Gasteiger partial charge >= 0.3 is 0 Å². The third-order valence-corrected chi connectivity index (χ3v) is 5.74. The maximum Gasteiger partial charge on any atom is 0.244 e. The third-order valence-electron chi connectivity index (χ3n) is 4.31. The number of aromatic nitrogens is 4. The van der Waals surface area contributed by atoms with E-state index < -0.39 is 10.0 Å². The van der Waals surface area contributed by atoms with E-state index in [1.165, 1.54) is 7.11 Å². The Kier molecular flexibility index (Phi) is 4.76. The van der Waals surface area contributed by atoms with E-state index >= 15 is 0 Å². The van der Waals surface area contributed by atoms with Crippen molar-refractivity contribution in [2.75, 3.05) is 7.11 Å². The van der Waals surface area contributed by atoms with Crippen molar-refractivity contribution in [1.29, 1.82) is 0 Å². The quantitative estimate of drug-likeness (QED) is 0.519. The first-order valence-electron chi connectivity index (χ1n) is 8.44. The van der Waals surface area contributed by atoms with E-state index in [1.54, 1.807) is 42.9 Å². The topological polar surface area (TPSA) is 110 Å². The summed E-state index contributed by atoms with van der Waals surface area (Å²) in [6.45, 7) is 0.0488. The molecule has 0 saturated carbocycles. The number of rotatable bonds is 6. The van der Waals surface area contributed by atoms with Gasteiger partial charge < -0.3 is 4.74 Å². The Hall–Kier alpha value is -3.30. The fraction of sp³-hybridized carbons (Fsp3) is 0.105. The summed E-state index contributed by atoms with van der Waals surface area (Å²) in [5.74, 6) is 0.265. The highest BCUT2D eigenvalue weighted by molar-refractivity contribution is 7.89. The van der Waals surface area contributed by atoms with E-state index in [1.807, 2.05) is 18.2 Å². The number of hydrogen-bond donors (Lipinski definition) is 2. The fourth-order valence-electron chi connectivity index (χ4n) is 2.89. The van der Waals surface area contributed by atoms with Gasteiger partial charge in [0.2, 0.25) is 10.0 Å². The zero-order chi connectivity index (χ0) is 19.6. The number of pyridine rings is 2. The molecule has 8 nitrogen and oxygen atoms in total. The average molecular weight is 395 g/mol. The standard InChI is InChI=1S/C19H17N5O3S/c1-27-17-5-4-14(13-6-9-20-10-7-13)11-18(17)28(25,26)22-12-16-15-3-2-8-21-19(15)24-23-16/h2-11,22H,12H2,1H3,(H,21,23,24). The molecule has 28 heavy (non-hydrogen) atoms. The first kappa shape index (κ1) is 18.1. The molecule has 0 amide bonds. The summed E-state index contributed by atoms with van der Waals surface area (Å²) >= 11 is 0. The second-order valence-electron chi connectivity index (χ2n) is 6.00. The summed E-state index contributed by atoms with van der Waals surface area (Å²) in [6, 6.07) is 12.3. The number of nitrogens with one attached hydrogen (secondary N) is 2. The van der Waals surface area contributed by atoms with Crippen LogP contribution in [0.25, 0.3) is 22.2 Å². The molecule has 0 saturated heterocycles. The molecule has 3 heterocycles.